The van der Waals surface area contributed by atoms with E-state index in [1.807, 2.05) is 37.3 Å². The van der Waals surface area contributed by atoms with Crippen LogP contribution < -0.4 is 5.32 Å². The zero-order valence-corrected chi connectivity index (χ0v) is 12.0. The number of aliphatic hydroxyl groups excluding tert-OH is 1. The van der Waals surface area contributed by atoms with Gasteiger partial charge in [-0.05, 0) is 43.9 Å². The highest BCUT2D eigenvalue weighted by atomic mass is 16.3. The molecule has 0 aromatic heterocycles. The third-order valence-electron chi connectivity index (χ3n) is 3.47. The number of hydrogen-bond donors (Lipinski definition) is 2. The summed E-state index contributed by atoms with van der Waals surface area (Å²) in [5, 5.41) is 13.2. The van der Waals surface area contributed by atoms with E-state index < -0.39 is 6.23 Å². The summed E-state index contributed by atoms with van der Waals surface area (Å²) in [4.78, 5) is 0. The van der Waals surface area contributed by atoms with Crippen LogP contribution in [0.4, 0.5) is 0 Å². The maximum atomic E-state index is 10.0. The molecular formula is C18H23NO. The first-order valence-corrected chi connectivity index (χ1v) is 7.27. The van der Waals surface area contributed by atoms with Gasteiger partial charge in [-0.15, -0.1) is 0 Å². The minimum absolute atomic E-state index is 0.563. The predicted molar refractivity (Wildman–Crippen MR) is 83.5 cm³/mol. The van der Waals surface area contributed by atoms with E-state index >= 15 is 0 Å². The van der Waals surface area contributed by atoms with Crippen LogP contribution in [0.1, 0.15) is 35.8 Å². The molecule has 0 radical (unpaired) electrons. The number of rotatable bonds is 7. The summed E-state index contributed by atoms with van der Waals surface area (Å²) in [5.74, 6) is 0. The highest BCUT2D eigenvalue weighted by molar-refractivity contribution is 5.22. The summed E-state index contributed by atoms with van der Waals surface area (Å²) in [7, 11) is 0. The molecule has 2 aromatic rings. The van der Waals surface area contributed by atoms with Gasteiger partial charge in [0.25, 0.3) is 0 Å². The highest BCUT2D eigenvalue weighted by Gasteiger charge is 2.05. The lowest BCUT2D eigenvalue weighted by Crippen LogP contribution is -2.22. The average molecular weight is 269 g/mol. The Morgan fingerprint density at radius 3 is 2.35 bits per heavy atom. The molecule has 1 atom stereocenters. The molecule has 2 heteroatoms. The van der Waals surface area contributed by atoms with Crippen molar-refractivity contribution in [1.82, 2.24) is 5.32 Å². The van der Waals surface area contributed by atoms with Crippen LogP contribution in [0.5, 0.6) is 0 Å². The van der Waals surface area contributed by atoms with Gasteiger partial charge in [-0.3, -0.25) is 5.32 Å². The van der Waals surface area contributed by atoms with Gasteiger partial charge in [0.2, 0.25) is 0 Å². The molecule has 0 amide bonds. The van der Waals surface area contributed by atoms with Crippen molar-refractivity contribution in [2.45, 2.75) is 32.4 Å². The van der Waals surface area contributed by atoms with Crippen molar-refractivity contribution in [1.29, 1.82) is 0 Å². The number of aryl methyl sites for hydroxylation is 2. The lowest BCUT2D eigenvalue weighted by molar-refractivity contribution is 0.139. The van der Waals surface area contributed by atoms with Crippen molar-refractivity contribution in [3.8, 4) is 0 Å². The topological polar surface area (TPSA) is 32.3 Å². The first kappa shape index (κ1) is 14.8. The number of unbranched alkanes of at least 4 members (excludes halogenated alkanes) is 1. The summed E-state index contributed by atoms with van der Waals surface area (Å²) >= 11 is 0. The lowest BCUT2D eigenvalue weighted by Gasteiger charge is -2.13. The van der Waals surface area contributed by atoms with Gasteiger partial charge in [-0.2, -0.15) is 0 Å². The van der Waals surface area contributed by atoms with Crippen LogP contribution in [-0.2, 0) is 6.42 Å². The van der Waals surface area contributed by atoms with E-state index in [-0.39, 0.29) is 0 Å². The summed E-state index contributed by atoms with van der Waals surface area (Å²) in [6, 6.07) is 18.5. The van der Waals surface area contributed by atoms with Crippen LogP contribution in [0.3, 0.4) is 0 Å². The van der Waals surface area contributed by atoms with Gasteiger partial charge in [-0.25, -0.2) is 0 Å². The summed E-state index contributed by atoms with van der Waals surface area (Å²) < 4.78 is 0. The molecule has 0 aliphatic carbocycles. The summed E-state index contributed by atoms with van der Waals surface area (Å²) in [5.41, 5.74) is 3.52. The van der Waals surface area contributed by atoms with Gasteiger partial charge in [-0.1, -0.05) is 60.2 Å². The standard InChI is InChI=1S/C18H23NO/c1-15-10-12-17(13-11-15)18(20)19-14-6-5-9-16-7-3-2-4-8-16/h2-4,7-8,10-13,18-20H,5-6,9,14H2,1H3. The number of aliphatic hydroxyl groups is 1. The maximum Gasteiger partial charge on any atom is 0.131 e. The van der Waals surface area contributed by atoms with Crippen LogP contribution >= 0.6 is 0 Å². The molecular weight excluding hydrogens is 246 g/mol. The normalized spacial score (nSPS) is 12.3. The third kappa shape index (κ3) is 4.80. The van der Waals surface area contributed by atoms with Gasteiger partial charge in [0.1, 0.15) is 6.23 Å². The fourth-order valence-electron chi connectivity index (χ4n) is 2.20. The Morgan fingerprint density at radius 2 is 1.65 bits per heavy atom. The SMILES string of the molecule is Cc1ccc(C(O)NCCCCc2ccccc2)cc1. The molecule has 0 saturated heterocycles. The molecule has 2 aromatic carbocycles. The van der Waals surface area contributed by atoms with Gasteiger partial charge in [0.05, 0.1) is 0 Å². The molecule has 0 spiro atoms. The Morgan fingerprint density at radius 1 is 0.950 bits per heavy atom. The number of nitrogens with one attached hydrogen (secondary N) is 1. The van der Waals surface area contributed by atoms with Crippen molar-refractivity contribution < 1.29 is 5.11 Å². The van der Waals surface area contributed by atoms with E-state index in [2.05, 4.69) is 29.6 Å². The fraction of sp³-hybridized carbons (Fsp3) is 0.333. The Kier molecular flexibility index (Phi) is 5.78. The van der Waals surface area contributed by atoms with Crippen molar-refractivity contribution in [3.63, 3.8) is 0 Å². The van der Waals surface area contributed by atoms with Crippen molar-refractivity contribution in [2.75, 3.05) is 6.54 Å². The Labute approximate surface area is 121 Å². The summed E-state index contributed by atoms with van der Waals surface area (Å²) in [6.07, 6.45) is 2.74. The van der Waals surface area contributed by atoms with Crippen molar-refractivity contribution in [3.05, 3.63) is 71.3 Å². The lowest BCUT2D eigenvalue weighted by atomic mass is 10.1. The van der Waals surface area contributed by atoms with Crippen molar-refractivity contribution >= 4 is 0 Å². The van der Waals surface area contributed by atoms with Gasteiger partial charge in [0, 0.05) is 0 Å². The van der Waals surface area contributed by atoms with E-state index in [1.54, 1.807) is 0 Å². The smallest absolute Gasteiger partial charge is 0.131 e. The molecule has 1 unspecified atom stereocenters. The molecule has 0 aliphatic rings. The molecule has 106 valence electrons. The van der Waals surface area contributed by atoms with E-state index in [4.69, 9.17) is 0 Å². The third-order valence-corrected chi connectivity index (χ3v) is 3.47. The van der Waals surface area contributed by atoms with Crippen LogP contribution in [0.25, 0.3) is 0 Å². The van der Waals surface area contributed by atoms with E-state index in [9.17, 15) is 5.11 Å². The molecule has 0 aliphatic heterocycles. The predicted octanol–water partition coefficient (Wildman–Crippen LogP) is 3.60. The quantitative estimate of drug-likeness (QED) is 0.594. The van der Waals surface area contributed by atoms with E-state index in [0.29, 0.717) is 0 Å². The Hall–Kier alpha value is -1.64. The van der Waals surface area contributed by atoms with Gasteiger partial charge < -0.3 is 5.11 Å². The molecule has 0 heterocycles. The van der Waals surface area contributed by atoms with Gasteiger partial charge in [0.15, 0.2) is 0 Å². The second-order valence-corrected chi connectivity index (χ2v) is 5.21. The van der Waals surface area contributed by atoms with Crippen molar-refractivity contribution in [2.24, 2.45) is 0 Å². The van der Waals surface area contributed by atoms with Crippen LogP contribution in [0.15, 0.2) is 54.6 Å². The fourth-order valence-corrected chi connectivity index (χ4v) is 2.20. The Bertz CT molecular complexity index is 493. The first-order valence-electron chi connectivity index (χ1n) is 7.27. The number of hydrogen-bond acceptors (Lipinski definition) is 2. The van der Waals surface area contributed by atoms with Crippen LogP contribution in [0.2, 0.25) is 0 Å². The largest absolute Gasteiger partial charge is 0.374 e. The zero-order valence-electron chi connectivity index (χ0n) is 12.0. The molecule has 2 nitrogen and oxygen atoms in total. The highest BCUT2D eigenvalue weighted by Crippen LogP contribution is 2.11. The second kappa shape index (κ2) is 7.83. The summed E-state index contributed by atoms with van der Waals surface area (Å²) in [6.45, 7) is 2.88. The molecule has 0 bridgehead atoms. The minimum Gasteiger partial charge on any atom is -0.374 e. The molecule has 0 fully saturated rings. The van der Waals surface area contributed by atoms with Crippen LogP contribution in [0, 0.1) is 6.92 Å². The van der Waals surface area contributed by atoms with Gasteiger partial charge >= 0.3 is 0 Å². The molecule has 20 heavy (non-hydrogen) atoms. The Balaban J connectivity index is 1.64. The average Bonchev–Trinajstić information content (AvgIpc) is 2.48. The molecule has 0 saturated carbocycles. The minimum atomic E-state index is -0.563. The first-order chi connectivity index (χ1) is 9.75. The number of benzene rings is 2. The molecule has 2 N–H and O–H groups in total. The molecule has 2 rings (SSSR count). The van der Waals surface area contributed by atoms with E-state index in [0.717, 1.165) is 31.4 Å². The monoisotopic (exact) mass is 269 g/mol. The maximum absolute atomic E-state index is 10.0. The van der Waals surface area contributed by atoms with E-state index in [1.165, 1.54) is 11.1 Å². The zero-order chi connectivity index (χ0) is 14.2. The van der Waals surface area contributed by atoms with Crippen LogP contribution in [-0.4, -0.2) is 11.7 Å². The second-order valence-electron chi connectivity index (χ2n) is 5.21.